The zero-order chi connectivity index (χ0) is 15.7. The molecule has 0 spiro atoms. The normalized spacial score (nSPS) is 24.9. The topological polar surface area (TPSA) is 70.4 Å². The van der Waals surface area contributed by atoms with Crippen molar-refractivity contribution in [2.45, 2.75) is 46.3 Å². The molecule has 2 N–H and O–H groups in total. The van der Waals surface area contributed by atoms with Gasteiger partial charge in [-0.1, -0.05) is 6.92 Å². The number of amides is 1. The monoisotopic (exact) mass is 294 g/mol. The Hall–Kier alpha value is -1.40. The van der Waals surface area contributed by atoms with Gasteiger partial charge in [0.25, 0.3) is 0 Å². The van der Waals surface area contributed by atoms with Gasteiger partial charge in [0.1, 0.15) is 0 Å². The van der Waals surface area contributed by atoms with Crippen LogP contribution in [0, 0.1) is 19.8 Å². The number of nitrogens with zero attached hydrogens (tertiary/aromatic N) is 3. The van der Waals surface area contributed by atoms with Gasteiger partial charge in [0, 0.05) is 13.6 Å². The number of likely N-dealkylation sites (tertiary alicyclic amines) is 1. The van der Waals surface area contributed by atoms with Gasteiger partial charge in [0.15, 0.2) is 0 Å². The van der Waals surface area contributed by atoms with E-state index in [1.54, 1.807) is 4.68 Å². The molecule has 3 atom stereocenters. The summed E-state index contributed by atoms with van der Waals surface area (Å²) < 4.78 is 1.77. The summed E-state index contributed by atoms with van der Waals surface area (Å²) in [5.74, 6) is 0.260. The van der Waals surface area contributed by atoms with Crippen LogP contribution in [-0.4, -0.2) is 50.9 Å². The van der Waals surface area contributed by atoms with Crippen molar-refractivity contribution in [2.75, 3.05) is 18.4 Å². The number of β-amino-alcohol motifs (C(OH)–C–C–N with tert-alkyl or cyclic N) is 1. The summed E-state index contributed by atoms with van der Waals surface area (Å²) in [6.07, 6.45) is 0.569. The zero-order valence-corrected chi connectivity index (χ0v) is 13.6. The number of anilines is 1. The van der Waals surface area contributed by atoms with Crippen LogP contribution < -0.4 is 5.32 Å². The van der Waals surface area contributed by atoms with Crippen molar-refractivity contribution in [1.29, 1.82) is 0 Å². The van der Waals surface area contributed by atoms with E-state index in [1.807, 2.05) is 32.7 Å². The summed E-state index contributed by atoms with van der Waals surface area (Å²) in [6.45, 7) is 9.17. The molecule has 1 saturated heterocycles. The van der Waals surface area contributed by atoms with Crippen LogP contribution in [-0.2, 0) is 11.8 Å². The number of aromatic nitrogens is 2. The Morgan fingerprint density at radius 2 is 2.14 bits per heavy atom. The van der Waals surface area contributed by atoms with E-state index in [2.05, 4.69) is 17.3 Å². The third kappa shape index (κ3) is 3.27. The Morgan fingerprint density at radius 1 is 1.48 bits per heavy atom. The molecule has 1 aromatic rings. The van der Waals surface area contributed by atoms with Gasteiger partial charge in [0.2, 0.25) is 5.91 Å². The van der Waals surface area contributed by atoms with E-state index in [0.717, 1.165) is 30.0 Å². The van der Waals surface area contributed by atoms with E-state index in [9.17, 15) is 9.90 Å². The minimum Gasteiger partial charge on any atom is -0.392 e. The Balaban J connectivity index is 2.03. The highest BCUT2D eigenvalue weighted by molar-refractivity contribution is 5.95. The molecule has 1 amide bonds. The summed E-state index contributed by atoms with van der Waals surface area (Å²) in [5, 5.41) is 17.3. The summed E-state index contributed by atoms with van der Waals surface area (Å²) in [7, 11) is 1.86. The molecule has 1 aliphatic rings. The maximum atomic E-state index is 12.4. The van der Waals surface area contributed by atoms with Crippen LogP contribution in [0.15, 0.2) is 0 Å². The third-order valence-electron chi connectivity index (χ3n) is 4.63. The van der Waals surface area contributed by atoms with Crippen LogP contribution in [0.1, 0.15) is 31.7 Å². The number of hydrogen-bond acceptors (Lipinski definition) is 4. The number of hydrogen-bond donors (Lipinski definition) is 2. The molecule has 1 fully saturated rings. The van der Waals surface area contributed by atoms with Gasteiger partial charge in [-0.05, 0) is 39.7 Å². The van der Waals surface area contributed by atoms with Gasteiger partial charge in [-0.15, -0.1) is 0 Å². The molecule has 1 aromatic heterocycles. The van der Waals surface area contributed by atoms with Crippen molar-refractivity contribution in [3.63, 3.8) is 0 Å². The highest BCUT2D eigenvalue weighted by Gasteiger charge is 2.30. The number of aliphatic hydroxyl groups excluding tert-OH is 1. The Bertz CT molecular complexity index is 526. The maximum Gasteiger partial charge on any atom is 0.241 e. The van der Waals surface area contributed by atoms with Crippen LogP contribution in [0.5, 0.6) is 0 Å². The standard InChI is InChI=1S/C15H26N4O2/c1-9-6-7-19(8-13(9)20)12(4)15(21)16-14-10(2)17-18(5)11(14)3/h9,12-13,20H,6-8H2,1-5H3,(H,16,21). The lowest BCUT2D eigenvalue weighted by molar-refractivity contribution is -0.122. The van der Waals surface area contributed by atoms with Gasteiger partial charge in [-0.2, -0.15) is 5.10 Å². The number of piperidine rings is 1. The predicted molar refractivity (Wildman–Crippen MR) is 82.1 cm³/mol. The molecule has 3 unspecified atom stereocenters. The van der Waals surface area contributed by atoms with Crippen molar-refractivity contribution < 1.29 is 9.90 Å². The molecule has 2 rings (SSSR count). The van der Waals surface area contributed by atoms with Crippen molar-refractivity contribution in [2.24, 2.45) is 13.0 Å². The van der Waals surface area contributed by atoms with Crippen molar-refractivity contribution in [1.82, 2.24) is 14.7 Å². The Morgan fingerprint density at radius 3 is 2.67 bits per heavy atom. The molecule has 0 aliphatic carbocycles. The fourth-order valence-electron chi connectivity index (χ4n) is 2.77. The average Bonchev–Trinajstić information content (AvgIpc) is 2.67. The van der Waals surface area contributed by atoms with Crippen LogP contribution in [0.3, 0.4) is 0 Å². The van der Waals surface area contributed by atoms with E-state index in [1.165, 1.54) is 0 Å². The van der Waals surface area contributed by atoms with Gasteiger partial charge in [-0.3, -0.25) is 14.4 Å². The van der Waals surface area contributed by atoms with Gasteiger partial charge in [-0.25, -0.2) is 0 Å². The second-order valence-corrected chi connectivity index (χ2v) is 6.16. The minimum atomic E-state index is -0.351. The summed E-state index contributed by atoms with van der Waals surface area (Å²) >= 11 is 0. The lowest BCUT2D eigenvalue weighted by atomic mass is 9.95. The number of aryl methyl sites for hydroxylation is 2. The van der Waals surface area contributed by atoms with Gasteiger partial charge >= 0.3 is 0 Å². The SMILES string of the molecule is Cc1nn(C)c(C)c1NC(=O)C(C)N1CCC(C)C(O)C1. The quantitative estimate of drug-likeness (QED) is 0.875. The molecule has 118 valence electrons. The number of carbonyl (C=O) groups excluding carboxylic acids is 1. The van der Waals surface area contributed by atoms with E-state index in [4.69, 9.17) is 0 Å². The summed E-state index contributed by atoms with van der Waals surface area (Å²) in [4.78, 5) is 14.5. The van der Waals surface area contributed by atoms with Crippen LogP contribution in [0.25, 0.3) is 0 Å². The van der Waals surface area contributed by atoms with E-state index in [-0.39, 0.29) is 18.1 Å². The van der Waals surface area contributed by atoms with Gasteiger partial charge < -0.3 is 10.4 Å². The second-order valence-electron chi connectivity index (χ2n) is 6.16. The third-order valence-corrected chi connectivity index (χ3v) is 4.63. The molecule has 0 bridgehead atoms. The molecule has 1 aliphatic heterocycles. The molecule has 0 aromatic carbocycles. The summed E-state index contributed by atoms with van der Waals surface area (Å²) in [5.41, 5.74) is 2.56. The van der Waals surface area contributed by atoms with Crippen LogP contribution >= 0.6 is 0 Å². The fourth-order valence-corrected chi connectivity index (χ4v) is 2.77. The Labute approximate surface area is 126 Å². The molecule has 6 heteroatoms. The first kappa shape index (κ1) is 16.0. The smallest absolute Gasteiger partial charge is 0.241 e. The van der Waals surface area contributed by atoms with Crippen molar-refractivity contribution in [3.05, 3.63) is 11.4 Å². The molecule has 0 radical (unpaired) electrons. The lowest BCUT2D eigenvalue weighted by Crippen LogP contribution is -2.50. The van der Waals surface area contributed by atoms with Crippen LogP contribution in [0.4, 0.5) is 5.69 Å². The first-order valence-electron chi connectivity index (χ1n) is 7.54. The molecule has 6 nitrogen and oxygen atoms in total. The zero-order valence-electron chi connectivity index (χ0n) is 13.6. The molecule has 0 saturated carbocycles. The van der Waals surface area contributed by atoms with Crippen LogP contribution in [0.2, 0.25) is 0 Å². The molecular formula is C15H26N4O2. The average molecular weight is 294 g/mol. The first-order valence-corrected chi connectivity index (χ1v) is 7.54. The minimum absolute atomic E-state index is 0.0454. The second kappa shape index (κ2) is 6.15. The van der Waals surface area contributed by atoms with Crippen molar-refractivity contribution >= 4 is 11.6 Å². The number of carbonyl (C=O) groups is 1. The van der Waals surface area contributed by atoms with E-state index < -0.39 is 0 Å². The fraction of sp³-hybridized carbons (Fsp3) is 0.733. The van der Waals surface area contributed by atoms with Crippen molar-refractivity contribution in [3.8, 4) is 0 Å². The number of aliphatic hydroxyl groups is 1. The largest absolute Gasteiger partial charge is 0.392 e. The maximum absolute atomic E-state index is 12.4. The number of nitrogens with one attached hydrogen (secondary N) is 1. The predicted octanol–water partition coefficient (Wildman–Crippen LogP) is 1.07. The Kier molecular flexibility index (Phi) is 4.68. The van der Waals surface area contributed by atoms with Gasteiger partial charge in [0.05, 0.1) is 29.2 Å². The molecule has 2 heterocycles. The number of rotatable bonds is 3. The first-order chi connectivity index (χ1) is 9.81. The molecule has 21 heavy (non-hydrogen) atoms. The highest BCUT2D eigenvalue weighted by atomic mass is 16.3. The molecular weight excluding hydrogens is 268 g/mol. The van der Waals surface area contributed by atoms with E-state index >= 15 is 0 Å². The summed E-state index contributed by atoms with van der Waals surface area (Å²) in [6, 6.07) is -0.258. The highest BCUT2D eigenvalue weighted by Crippen LogP contribution is 2.21. The lowest BCUT2D eigenvalue weighted by Gasteiger charge is -2.37. The van der Waals surface area contributed by atoms with E-state index in [0.29, 0.717) is 12.5 Å².